The van der Waals surface area contributed by atoms with Crippen LogP contribution in [0.2, 0.25) is 0 Å². The molecule has 0 saturated heterocycles. The number of carbonyl (C=O) groups excluding carboxylic acids is 2. The molecule has 1 aliphatic carbocycles. The lowest BCUT2D eigenvalue weighted by Gasteiger charge is -2.15. The minimum Gasteiger partial charge on any atom is -0.397 e. The van der Waals surface area contributed by atoms with Gasteiger partial charge in [0, 0.05) is 28.9 Å². The normalized spacial score (nSPS) is 16.7. The van der Waals surface area contributed by atoms with Gasteiger partial charge in [0.15, 0.2) is 11.6 Å². The van der Waals surface area contributed by atoms with E-state index in [-0.39, 0.29) is 18.2 Å². The third-order valence-corrected chi connectivity index (χ3v) is 2.49. The molecule has 3 heteroatoms. The first kappa shape index (κ1) is 13.8. The zero-order valence-electron chi connectivity index (χ0n) is 9.97. The largest absolute Gasteiger partial charge is 0.397 e. The standard InChI is InChI=1S/C10H12O2.C2H6O/c1-5-6(2)10(12)8(4)7(3)9(5)11;1-2-3/h1-4H3;3H,2H2,1H3. The van der Waals surface area contributed by atoms with E-state index in [9.17, 15) is 9.59 Å². The van der Waals surface area contributed by atoms with Crippen LogP contribution < -0.4 is 0 Å². The number of aliphatic hydroxyl groups is 1. The van der Waals surface area contributed by atoms with Crippen LogP contribution in [0.1, 0.15) is 34.6 Å². The first-order chi connectivity index (χ1) is 6.88. The van der Waals surface area contributed by atoms with Gasteiger partial charge in [0.25, 0.3) is 0 Å². The van der Waals surface area contributed by atoms with Crippen molar-refractivity contribution in [2.24, 2.45) is 0 Å². The van der Waals surface area contributed by atoms with Gasteiger partial charge in [-0.05, 0) is 34.6 Å². The van der Waals surface area contributed by atoms with E-state index in [1.807, 2.05) is 0 Å². The minimum absolute atomic E-state index is 0.00426. The van der Waals surface area contributed by atoms with Gasteiger partial charge in [-0.15, -0.1) is 0 Å². The van der Waals surface area contributed by atoms with Gasteiger partial charge in [-0.3, -0.25) is 9.59 Å². The van der Waals surface area contributed by atoms with Crippen molar-refractivity contribution in [3.63, 3.8) is 0 Å². The summed E-state index contributed by atoms with van der Waals surface area (Å²) < 4.78 is 0. The monoisotopic (exact) mass is 210 g/mol. The topological polar surface area (TPSA) is 54.4 Å². The summed E-state index contributed by atoms with van der Waals surface area (Å²) >= 11 is 0. The summed E-state index contributed by atoms with van der Waals surface area (Å²) in [6.07, 6.45) is 0. The van der Waals surface area contributed by atoms with Crippen LogP contribution in [0, 0.1) is 0 Å². The van der Waals surface area contributed by atoms with E-state index in [1.165, 1.54) is 0 Å². The molecule has 0 amide bonds. The van der Waals surface area contributed by atoms with Crippen molar-refractivity contribution >= 4 is 11.6 Å². The number of rotatable bonds is 0. The van der Waals surface area contributed by atoms with Crippen LogP contribution in [0.15, 0.2) is 22.3 Å². The van der Waals surface area contributed by atoms with E-state index in [0.717, 1.165) is 0 Å². The van der Waals surface area contributed by atoms with Crippen LogP contribution in [0.3, 0.4) is 0 Å². The summed E-state index contributed by atoms with van der Waals surface area (Å²) in [5, 5.41) is 7.57. The Labute approximate surface area is 90.5 Å². The molecule has 0 heterocycles. The highest BCUT2D eigenvalue weighted by Gasteiger charge is 2.24. The first-order valence-corrected chi connectivity index (χ1v) is 4.93. The number of carbonyl (C=O) groups is 2. The number of allylic oxidation sites excluding steroid dienone is 4. The molecule has 84 valence electrons. The van der Waals surface area contributed by atoms with Gasteiger partial charge in [0.05, 0.1) is 0 Å². The van der Waals surface area contributed by atoms with Crippen LogP contribution in [-0.2, 0) is 9.59 Å². The molecule has 1 aliphatic rings. The SMILES string of the molecule is CC1=C(C)C(=O)C(C)=C(C)C1=O.CCO. The lowest BCUT2D eigenvalue weighted by molar-refractivity contribution is -0.116. The third kappa shape index (κ3) is 2.86. The summed E-state index contributed by atoms with van der Waals surface area (Å²) in [5.41, 5.74) is 2.34. The molecule has 1 N–H and O–H groups in total. The number of ketones is 2. The Bertz CT molecular complexity index is 284. The second-order valence-corrected chi connectivity index (χ2v) is 3.47. The fourth-order valence-corrected chi connectivity index (χ4v) is 1.24. The van der Waals surface area contributed by atoms with E-state index in [1.54, 1.807) is 34.6 Å². The first-order valence-electron chi connectivity index (χ1n) is 4.93. The van der Waals surface area contributed by atoms with Crippen molar-refractivity contribution in [1.29, 1.82) is 0 Å². The highest BCUT2D eigenvalue weighted by molar-refractivity contribution is 6.24. The maximum Gasteiger partial charge on any atom is 0.185 e. The van der Waals surface area contributed by atoms with E-state index >= 15 is 0 Å². The second kappa shape index (κ2) is 5.61. The molecule has 0 aliphatic heterocycles. The Kier molecular flexibility index (Phi) is 5.15. The summed E-state index contributed by atoms with van der Waals surface area (Å²) in [4.78, 5) is 22.8. The molecule has 1 rings (SSSR count). The lowest BCUT2D eigenvalue weighted by Crippen LogP contribution is -2.18. The Hall–Kier alpha value is -1.22. The lowest BCUT2D eigenvalue weighted by atomic mass is 9.87. The van der Waals surface area contributed by atoms with Gasteiger partial charge < -0.3 is 5.11 Å². The van der Waals surface area contributed by atoms with Gasteiger partial charge in [0.2, 0.25) is 0 Å². The molecule has 0 aromatic rings. The van der Waals surface area contributed by atoms with Gasteiger partial charge in [-0.1, -0.05) is 0 Å². The van der Waals surface area contributed by atoms with Gasteiger partial charge >= 0.3 is 0 Å². The highest BCUT2D eigenvalue weighted by Crippen LogP contribution is 2.23. The molecule has 15 heavy (non-hydrogen) atoms. The Morgan fingerprint density at radius 1 is 0.800 bits per heavy atom. The van der Waals surface area contributed by atoms with E-state index in [2.05, 4.69) is 0 Å². The van der Waals surface area contributed by atoms with Crippen molar-refractivity contribution in [3.05, 3.63) is 22.3 Å². The summed E-state index contributed by atoms with van der Waals surface area (Å²) in [6.45, 7) is 8.73. The molecule has 0 unspecified atom stereocenters. The van der Waals surface area contributed by atoms with Crippen LogP contribution in [0.25, 0.3) is 0 Å². The maximum atomic E-state index is 11.4. The Morgan fingerprint density at radius 3 is 1.07 bits per heavy atom. The molecule has 0 fully saturated rings. The fraction of sp³-hybridized carbons (Fsp3) is 0.500. The quantitative estimate of drug-likeness (QED) is 0.620. The van der Waals surface area contributed by atoms with Gasteiger partial charge in [-0.25, -0.2) is 0 Å². The Balaban J connectivity index is 0.000000583. The number of aliphatic hydroxyl groups excluding tert-OH is 1. The molecule has 0 aromatic heterocycles. The number of Topliss-reactive ketones (excluding diaryl/α,β-unsaturated/α-hetero) is 2. The highest BCUT2D eigenvalue weighted by atomic mass is 16.2. The maximum absolute atomic E-state index is 11.4. The van der Waals surface area contributed by atoms with Gasteiger partial charge in [0.1, 0.15) is 0 Å². The van der Waals surface area contributed by atoms with Crippen LogP contribution >= 0.6 is 0 Å². The average Bonchev–Trinajstić information content (AvgIpc) is 2.22. The van der Waals surface area contributed by atoms with Crippen LogP contribution in [0.5, 0.6) is 0 Å². The van der Waals surface area contributed by atoms with Crippen molar-refractivity contribution in [1.82, 2.24) is 0 Å². The van der Waals surface area contributed by atoms with Crippen molar-refractivity contribution in [3.8, 4) is 0 Å². The molecule has 0 saturated carbocycles. The van der Waals surface area contributed by atoms with E-state index in [4.69, 9.17) is 5.11 Å². The van der Waals surface area contributed by atoms with Crippen molar-refractivity contribution in [2.45, 2.75) is 34.6 Å². The van der Waals surface area contributed by atoms with Gasteiger partial charge in [-0.2, -0.15) is 0 Å². The van der Waals surface area contributed by atoms with Crippen LogP contribution in [-0.4, -0.2) is 23.3 Å². The van der Waals surface area contributed by atoms with E-state index in [0.29, 0.717) is 22.3 Å². The molecule has 0 aromatic carbocycles. The third-order valence-electron chi connectivity index (χ3n) is 2.49. The smallest absolute Gasteiger partial charge is 0.185 e. The molecule has 0 spiro atoms. The predicted molar refractivity (Wildman–Crippen MR) is 59.5 cm³/mol. The Morgan fingerprint density at radius 2 is 0.933 bits per heavy atom. The van der Waals surface area contributed by atoms with Crippen LogP contribution in [0.4, 0.5) is 0 Å². The summed E-state index contributed by atoms with van der Waals surface area (Å²) in [6, 6.07) is 0. The number of hydrogen-bond acceptors (Lipinski definition) is 3. The minimum atomic E-state index is 0.00426. The average molecular weight is 210 g/mol. The fourth-order valence-electron chi connectivity index (χ4n) is 1.24. The molecular weight excluding hydrogens is 192 g/mol. The zero-order chi connectivity index (χ0) is 12.2. The van der Waals surface area contributed by atoms with Crippen molar-refractivity contribution < 1.29 is 14.7 Å². The van der Waals surface area contributed by atoms with Crippen molar-refractivity contribution in [2.75, 3.05) is 6.61 Å². The molecule has 0 radical (unpaired) electrons. The summed E-state index contributed by atoms with van der Waals surface area (Å²) in [5.74, 6) is 0.00852. The molecule has 3 nitrogen and oxygen atoms in total. The predicted octanol–water partition coefficient (Wildman–Crippen LogP) is 1.81. The molecule has 0 bridgehead atoms. The van der Waals surface area contributed by atoms with E-state index < -0.39 is 0 Å². The summed E-state index contributed by atoms with van der Waals surface area (Å²) in [7, 11) is 0. The molecular formula is C12H18O3. The number of hydrogen-bond donors (Lipinski definition) is 1. The zero-order valence-corrected chi connectivity index (χ0v) is 9.97. The second-order valence-electron chi connectivity index (χ2n) is 3.47. The molecule has 0 atom stereocenters.